The molecule has 152 valence electrons. The molecule has 31 heavy (non-hydrogen) atoms. The molecule has 6 rings (SSSR count). The molecule has 0 spiro atoms. The first-order valence-corrected chi connectivity index (χ1v) is 10.3. The van der Waals surface area contributed by atoms with E-state index in [2.05, 4.69) is 26.6 Å². The van der Waals surface area contributed by atoms with Gasteiger partial charge in [0.05, 0.1) is 22.2 Å². The molecular weight excluding hydrogens is 391 g/mol. The van der Waals surface area contributed by atoms with E-state index in [9.17, 15) is 4.39 Å². The highest BCUT2D eigenvalue weighted by molar-refractivity contribution is 5.96. The molecule has 0 saturated carbocycles. The number of pyridine rings is 1. The van der Waals surface area contributed by atoms with Gasteiger partial charge in [0.1, 0.15) is 11.3 Å². The summed E-state index contributed by atoms with van der Waals surface area (Å²) in [5.41, 5.74) is 7.26. The zero-order valence-corrected chi connectivity index (χ0v) is 16.6. The number of imidazole rings is 1. The summed E-state index contributed by atoms with van der Waals surface area (Å²) in [4.78, 5) is 13.0. The lowest BCUT2D eigenvalue weighted by Gasteiger charge is -2.13. The molecule has 0 bridgehead atoms. The number of aromatic amines is 2. The van der Waals surface area contributed by atoms with E-state index in [4.69, 9.17) is 9.97 Å². The average molecular weight is 410 g/mol. The number of aromatic nitrogens is 5. The van der Waals surface area contributed by atoms with Crippen molar-refractivity contribution in [3.05, 3.63) is 72.2 Å². The van der Waals surface area contributed by atoms with E-state index >= 15 is 0 Å². The zero-order chi connectivity index (χ0) is 20.8. The number of H-pyrrole nitrogens is 2. The van der Waals surface area contributed by atoms with Crippen LogP contribution in [0.3, 0.4) is 0 Å². The molecule has 0 aliphatic carbocycles. The number of halogens is 1. The van der Waals surface area contributed by atoms with Crippen molar-refractivity contribution in [3.63, 3.8) is 0 Å². The van der Waals surface area contributed by atoms with Gasteiger partial charge in [-0.3, -0.25) is 5.10 Å². The smallest absolute Gasteiger partial charge is 0.161 e. The number of rotatable bonds is 3. The van der Waals surface area contributed by atoms with Crippen molar-refractivity contribution in [1.82, 2.24) is 30.5 Å². The standard InChI is InChI=1S/C24H19FN6/c25-17-6-2-1-4-15(17)16-5-3-7-19-21(16)29-24(28-19)23-22-20(30-31-23)9-8-18(27-22)14-10-12-26-13-11-14/h1-10,26H,11-13H2,(H,28,29)(H,30,31). The first-order valence-electron chi connectivity index (χ1n) is 10.3. The van der Waals surface area contributed by atoms with Crippen molar-refractivity contribution in [3.8, 4) is 22.6 Å². The van der Waals surface area contributed by atoms with Crippen LogP contribution in [0.1, 0.15) is 12.1 Å². The summed E-state index contributed by atoms with van der Waals surface area (Å²) in [5, 5.41) is 10.9. The van der Waals surface area contributed by atoms with Crippen LogP contribution < -0.4 is 5.32 Å². The Morgan fingerprint density at radius 1 is 0.839 bits per heavy atom. The van der Waals surface area contributed by atoms with E-state index in [0.717, 1.165) is 47.3 Å². The molecule has 6 nitrogen and oxygen atoms in total. The predicted molar refractivity (Wildman–Crippen MR) is 120 cm³/mol. The van der Waals surface area contributed by atoms with Gasteiger partial charge in [-0.15, -0.1) is 0 Å². The van der Waals surface area contributed by atoms with Crippen LogP contribution in [0.15, 0.2) is 60.7 Å². The summed E-state index contributed by atoms with van der Waals surface area (Å²) in [6.07, 6.45) is 3.13. The Kier molecular flexibility index (Phi) is 4.14. The molecule has 1 aliphatic heterocycles. The SMILES string of the molecule is Fc1ccccc1-c1cccc2[nH]c(-c3n[nH]c4ccc(C5=CCNCC5)nc34)nc12. The van der Waals surface area contributed by atoms with Gasteiger partial charge in [0.25, 0.3) is 0 Å². The second-order valence-corrected chi connectivity index (χ2v) is 7.62. The molecule has 0 saturated heterocycles. The van der Waals surface area contributed by atoms with Crippen LogP contribution in [0, 0.1) is 5.82 Å². The van der Waals surface area contributed by atoms with Crippen molar-refractivity contribution >= 4 is 27.6 Å². The maximum atomic E-state index is 14.4. The van der Waals surface area contributed by atoms with E-state index in [1.54, 1.807) is 12.1 Å². The normalized spacial score (nSPS) is 14.3. The second kappa shape index (κ2) is 7.14. The maximum absolute atomic E-state index is 14.4. The molecule has 2 aromatic carbocycles. The minimum absolute atomic E-state index is 0.272. The Labute approximate surface area is 177 Å². The number of fused-ring (bicyclic) bond motifs is 2. The van der Waals surface area contributed by atoms with E-state index < -0.39 is 0 Å². The van der Waals surface area contributed by atoms with Crippen LogP contribution in [0.4, 0.5) is 4.39 Å². The lowest BCUT2D eigenvalue weighted by Crippen LogP contribution is -2.20. The third-order valence-corrected chi connectivity index (χ3v) is 5.70. The highest BCUT2D eigenvalue weighted by Crippen LogP contribution is 2.32. The fraction of sp³-hybridized carbons (Fsp3) is 0.125. The van der Waals surface area contributed by atoms with Gasteiger partial charge in [-0.25, -0.2) is 14.4 Å². The molecular formula is C24H19FN6. The quantitative estimate of drug-likeness (QED) is 0.403. The summed E-state index contributed by atoms with van der Waals surface area (Å²) in [6.45, 7) is 1.81. The molecule has 4 heterocycles. The van der Waals surface area contributed by atoms with E-state index in [1.165, 1.54) is 11.6 Å². The Balaban J connectivity index is 1.50. The Morgan fingerprint density at radius 3 is 2.61 bits per heavy atom. The van der Waals surface area contributed by atoms with Crippen molar-refractivity contribution in [1.29, 1.82) is 0 Å². The van der Waals surface area contributed by atoms with Gasteiger partial charge in [0, 0.05) is 17.7 Å². The lowest BCUT2D eigenvalue weighted by atomic mass is 10.0. The highest BCUT2D eigenvalue weighted by atomic mass is 19.1. The third kappa shape index (κ3) is 3.02. The third-order valence-electron chi connectivity index (χ3n) is 5.70. The number of nitrogens with zero attached hydrogens (tertiary/aromatic N) is 3. The maximum Gasteiger partial charge on any atom is 0.161 e. The van der Waals surface area contributed by atoms with Crippen LogP contribution in [0.2, 0.25) is 0 Å². The van der Waals surface area contributed by atoms with Crippen molar-refractivity contribution in [2.75, 3.05) is 13.1 Å². The topological polar surface area (TPSA) is 82.3 Å². The van der Waals surface area contributed by atoms with Crippen LogP contribution in [0.5, 0.6) is 0 Å². The summed E-state index contributed by atoms with van der Waals surface area (Å²) in [6, 6.07) is 16.5. The molecule has 0 atom stereocenters. The monoisotopic (exact) mass is 410 g/mol. The highest BCUT2D eigenvalue weighted by Gasteiger charge is 2.18. The number of benzene rings is 2. The summed E-state index contributed by atoms with van der Waals surface area (Å²) >= 11 is 0. The average Bonchev–Trinajstić information content (AvgIpc) is 3.43. The van der Waals surface area contributed by atoms with Crippen molar-refractivity contribution in [2.45, 2.75) is 6.42 Å². The molecule has 1 aliphatic rings. The van der Waals surface area contributed by atoms with Gasteiger partial charge in [0.15, 0.2) is 11.5 Å². The Morgan fingerprint density at radius 2 is 1.74 bits per heavy atom. The van der Waals surface area contributed by atoms with Gasteiger partial charge in [-0.05, 0) is 42.8 Å². The summed E-state index contributed by atoms with van der Waals surface area (Å²) < 4.78 is 14.4. The first-order chi connectivity index (χ1) is 15.3. The van der Waals surface area contributed by atoms with Gasteiger partial charge in [-0.1, -0.05) is 36.4 Å². The predicted octanol–water partition coefficient (Wildman–Crippen LogP) is 4.68. The van der Waals surface area contributed by atoms with Crippen LogP contribution in [-0.4, -0.2) is 38.2 Å². The van der Waals surface area contributed by atoms with Crippen molar-refractivity contribution in [2.24, 2.45) is 0 Å². The number of para-hydroxylation sites is 1. The second-order valence-electron chi connectivity index (χ2n) is 7.62. The minimum Gasteiger partial charge on any atom is -0.336 e. The molecule has 5 aromatic rings. The zero-order valence-electron chi connectivity index (χ0n) is 16.6. The van der Waals surface area contributed by atoms with E-state index in [0.29, 0.717) is 22.6 Å². The molecule has 7 heteroatoms. The minimum atomic E-state index is -0.272. The molecule has 0 amide bonds. The number of nitrogens with one attached hydrogen (secondary N) is 3. The van der Waals surface area contributed by atoms with E-state index in [-0.39, 0.29) is 5.82 Å². The van der Waals surface area contributed by atoms with Crippen LogP contribution in [-0.2, 0) is 0 Å². The fourth-order valence-corrected chi connectivity index (χ4v) is 4.14. The van der Waals surface area contributed by atoms with E-state index in [1.807, 2.05) is 36.4 Å². The summed E-state index contributed by atoms with van der Waals surface area (Å²) in [7, 11) is 0. The first kappa shape index (κ1) is 18.0. The molecule has 0 radical (unpaired) electrons. The van der Waals surface area contributed by atoms with Crippen molar-refractivity contribution < 1.29 is 4.39 Å². The Hall–Kier alpha value is -3.84. The summed E-state index contributed by atoms with van der Waals surface area (Å²) in [5.74, 6) is 0.334. The number of hydrogen-bond acceptors (Lipinski definition) is 4. The van der Waals surface area contributed by atoms with Gasteiger partial charge in [0.2, 0.25) is 0 Å². The largest absolute Gasteiger partial charge is 0.336 e. The lowest BCUT2D eigenvalue weighted by molar-refractivity contribution is 0.631. The van der Waals surface area contributed by atoms with Gasteiger partial charge >= 0.3 is 0 Å². The van der Waals surface area contributed by atoms with Gasteiger partial charge < -0.3 is 10.3 Å². The van der Waals surface area contributed by atoms with Crippen LogP contribution >= 0.6 is 0 Å². The van der Waals surface area contributed by atoms with Crippen LogP contribution in [0.25, 0.3) is 50.3 Å². The molecule has 0 unspecified atom stereocenters. The van der Waals surface area contributed by atoms with Gasteiger partial charge in [-0.2, -0.15) is 5.10 Å². The fourth-order valence-electron chi connectivity index (χ4n) is 4.14. The molecule has 3 N–H and O–H groups in total. The number of hydrogen-bond donors (Lipinski definition) is 3. The molecule has 0 fully saturated rings. The molecule has 3 aromatic heterocycles. The Bertz CT molecular complexity index is 1460.